The third kappa shape index (κ3) is 0.621. The van der Waals surface area contributed by atoms with E-state index in [0.717, 1.165) is 0 Å². The summed E-state index contributed by atoms with van der Waals surface area (Å²) in [7, 11) is 1.87. The van der Waals surface area contributed by atoms with E-state index in [9.17, 15) is 0 Å². The van der Waals surface area contributed by atoms with Gasteiger partial charge in [-0.2, -0.15) is 0 Å². The van der Waals surface area contributed by atoms with Crippen molar-refractivity contribution >= 4 is 12.7 Å². The van der Waals surface area contributed by atoms with Gasteiger partial charge >= 0.3 is 0 Å². The van der Waals surface area contributed by atoms with Gasteiger partial charge in [-0.15, -0.1) is 0 Å². The van der Waals surface area contributed by atoms with Crippen molar-refractivity contribution in [2.24, 2.45) is 12.0 Å². The Labute approximate surface area is 47.7 Å². The highest BCUT2D eigenvalue weighted by Gasteiger charge is 1.88. The van der Waals surface area contributed by atoms with Gasteiger partial charge in [0.15, 0.2) is 0 Å². The lowest BCUT2D eigenvalue weighted by molar-refractivity contribution is 0.913. The van der Waals surface area contributed by atoms with Crippen LogP contribution in [0.15, 0.2) is 17.4 Å². The summed E-state index contributed by atoms with van der Waals surface area (Å²) in [5, 5.41) is 0. The first-order valence-electron chi connectivity index (χ1n) is 2.28. The third-order valence-electron chi connectivity index (χ3n) is 0.937. The SMILES string of the molecule is C=Nc1nccn1C. The molecule has 0 aliphatic heterocycles. The van der Waals surface area contributed by atoms with Crippen LogP contribution in [-0.2, 0) is 7.05 Å². The Hall–Kier alpha value is -1.12. The molecule has 0 saturated carbocycles. The van der Waals surface area contributed by atoms with E-state index in [1.54, 1.807) is 10.8 Å². The van der Waals surface area contributed by atoms with Gasteiger partial charge in [0.05, 0.1) is 0 Å². The Balaban J connectivity index is 3.09. The number of nitrogens with zero attached hydrogens (tertiary/aromatic N) is 3. The maximum Gasteiger partial charge on any atom is 0.228 e. The molecular weight excluding hydrogens is 102 g/mol. The van der Waals surface area contributed by atoms with Crippen molar-refractivity contribution in [3.05, 3.63) is 12.4 Å². The zero-order valence-corrected chi connectivity index (χ0v) is 4.70. The number of rotatable bonds is 1. The number of hydrogen-bond donors (Lipinski definition) is 0. The van der Waals surface area contributed by atoms with Gasteiger partial charge in [0, 0.05) is 19.4 Å². The van der Waals surface area contributed by atoms with Crippen molar-refractivity contribution < 1.29 is 0 Å². The van der Waals surface area contributed by atoms with E-state index in [2.05, 4.69) is 16.7 Å². The number of aromatic nitrogens is 2. The Morgan fingerprint density at radius 1 is 1.88 bits per heavy atom. The monoisotopic (exact) mass is 109 g/mol. The van der Waals surface area contributed by atoms with Gasteiger partial charge in [-0.05, 0) is 6.72 Å². The average molecular weight is 109 g/mol. The zero-order valence-electron chi connectivity index (χ0n) is 4.70. The highest BCUT2D eigenvalue weighted by atomic mass is 15.1. The smallest absolute Gasteiger partial charge is 0.228 e. The standard InChI is InChI=1S/C5H7N3/c1-6-5-7-3-4-8(5)2/h3-4H,1H2,2H3. The molecule has 42 valence electrons. The maximum absolute atomic E-state index is 3.87. The summed E-state index contributed by atoms with van der Waals surface area (Å²) < 4.78 is 1.80. The lowest BCUT2D eigenvalue weighted by Gasteiger charge is -1.88. The van der Waals surface area contributed by atoms with Crippen molar-refractivity contribution in [2.75, 3.05) is 0 Å². The second-order valence-corrected chi connectivity index (χ2v) is 1.50. The van der Waals surface area contributed by atoms with Crippen LogP contribution in [0.4, 0.5) is 5.95 Å². The van der Waals surface area contributed by atoms with Crippen molar-refractivity contribution in [1.29, 1.82) is 0 Å². The summed E-state index contributed by atoms with van der Waals surface area (Å²) in [5.74, 6) is 0.657. The van der Waals surface area contributed by atoms with Crippen molar-refractivity contribution in [3.8, 4) is 0 Å². The Morgan fingerprint density at radius 2 is 2.62 bits per heavy atom. The second-order valence-electron chi connectivity index (χ2n) is 1.50. The minimum absolute atomic E-state index is 0.657. The van der Waals surface area contributed by atoms with Crippen molar-refractivity contribution in [3.63, 3.8) is 0 Å². The van der Waals surface area contributed by atoms with Crippen molar-refractivity contribution in [2.45, 2.75) is 0 Å². The van der Waals surface area contributed by atoms with Gasteiger partial charge in [-0.3, -0.25) is 0 Å². The van der Waals surface area contributed by atoms with Crippen LogP contribution in [0.3, 0.4) is 0 Å². The first kappa shape index (κ1) is 5.03. The minimum Gasteiger partial charge on any atom is -0.319 e. The predicted molar refractivity (Wildman–Crippen MR) is 32.4 cm³/mol. The van der Waals surface area contributed by atoms with Gasteiger partial charge in [0.25, 0.3) is 0 Å². The van der Waals surface area contributed by atoms with E-state index in [-0.39, 0.29) is 0 Å². The van der Waals surface area contributed by atoms with E-state index in [1.807, 2.05) is 13.2 Å². The number of aryl methyl sites for hydroxylation is 1. The zero-order chi connectivity index (χ0) is 5.98. The molecule has 1 aromatic rings. The molecule has 1 aromatic heterocycles. The molecule has 0 radical (unpaired) electrons. The molecule has 0 aliphatic carbocycles. The molecule has 3 heteroatoms. The maximum atomic E-state index is 3.87. The van der Waals surface area contributed by atoms with Gasteiger partial charge in [-0.1, -0.05) is 0 Å². The van der Waals surface area contributed by atoms with E-state index >= 15 is 0 Å². The fourth-order valence-electron chi connectivity index (χ4n) is 0.510. The normalized spacial score (nSPS) is 9.12. The molecule has 0 atom stereocenters. The molecule has 0 N–H and O–H groups in total. The summed E-state index contributed by atoms with van der Waals surface area (Å²) in [6.45, 7) is 3.33. The quantitative estimate of drug-likeness (QED) is 0.489. The van der Waals surface area contributed by atoms with Gasteiger partial charge < -0.3 is 4.57 Å². The van der Waals surface area contributed by atoms with E-state index < -0.39 is 0 Å². The lowest BCUT2D eigenvalue weighted by Crippen LogP contribution is -1.81. The molecular formula is C5H7N3. The molecule has 1 rings (SSSR count). The van der Waals surface area contributed by atoms with Gasteiger partial charge in [0.1, 0.15) is 0 Å². The molecule has 0 bridgehead atoms. The van der Waals surface area contributed by atoms with E-state index in [4.69, 9.17) is 0 Å². The largest absolute Gasteiger partial charge is 0.319 e. The lowest BCUT2D eigenvalue weighted by atomic mass is 10.9. The van der Waals surface area contributed by atoms with Crippen LogP contribution in [0.2, 0.25) is 0 Å². The van der Waals surface area contributed by atoms with E-state index in [0.29, 0.717) is 5.95 Å². The second kappa shape index (κ2) is 1.78. The van der Waals surface area contributed by atoms with Crippen LogP contribution in [0.25, 0.3) is 0 Å². The highest BCUT2D eigenvalue weighted by Crippen LogP contribution is 2.02. The summed E-state index contributed by atoms with van der Waals surface area (Å²) in [5.41, 5.74) is 0. The fraction of sp³-hybridized carbons (Fsp3) is 0.200. The average Bonchev–Trinajstić information content (AvgIpc) is 2.14. The highest BCUT2D eigenvalue weighted by molar-refractivity contribution is 5.34. The molecule has 0 saturated heterocycles. The Kier molecular flexibility index (Phi) is 1.12. The molecule has 0 aliphatic rings. The van der Waals surface area contributed by atoms with Crippen LogP contribution < -0.4 is 0 Å². The molecule has 0 amide bonds. The topological polar surface area (TPSA) is 30.2 Å². The summed E-state index contributed by atoms with van der Waals surface area (Å²) in [4.78, 5) is 7.50. The summed E-state index contributed by atoms with van der Waals surface area (Å²) in [6, 6.07) is 0. The molecule has 0 unspecified atom stereocenters. The van der Waals surface area contributed by atoms with Gasteiger partial charge in [-0.25, -0.2) is 9.98 Å². The Morgan fingerprint density at radius 3 is 2.88 bits per heavy atom. The third-order valence-corrected chi connectivity index (χ3v) is 0.937. The van der Waals surface area contributed by atoms with E-state index in [1.165, 1.54) is 0 Å². The minimum atomic E-state index is 0.657. The van der Waals surface area contributed by atoms with Crippen LogP contribution in [-0.4, -0.2) is 16.3 Å². The predicted octanol–water partition coefficient (Wildman–Crippen LogP) is 0.752. The molecule has 0 spiro atoms. The summed E-state index contributed by atoms with van der Waals surface area (Å²) >= 11 is 0. The van der Waals surface area contributed by atoms with Crippen LogP contribution >= 0.6 is 0 Å². The Bertz CT molecular complexity index is 189. The van der Waals surface area contributed by atoms with Crippen LogP contribution in [0.1, 0.15) is 0 Å². The van der Waals surface area contributed by atoms with Crippen LogP contribution in [0, 0.1) is 0 Å². The first-order chi connectivity index (χ1) is 3.84. The number of hydrogen-bond acceptors (Lipinski definition) is 2. The number of imidazole rings is 1. The molecule has 1 heterocycles. The van der Waals surface area contributed by atoms with Gasteiger partial charge in [0.2, 0.25) is 5.95 Å². The molecule has 3 nitrogen and oxygen atoms in total. The van der Waals surface area contributed by atoms with Crippen molar-refractivity contribution in [1.82, 2.24) is 9.55 Å². The fourth-order valence-corrected chi connectivity index (χ4v) is 0.510. The summed E-state index contributed by atoms with van der Waals surface area (Å²) in [6.07, 6.45) is 3.51. The van der Waals surface area contributed by atoms with Crippen LogP contribution in [0.5, 0.6) is 0 Å². The molecule has 0 aromatic carbocycles. The molecule has 8 heavy (non-hydrogen) atoms. The number of aliphatic imine (C=N–C) groups is 1. The first-order valence-corrected chi connectivity index (χ1v) is 2.28. The molecule has 0 fully saturated rings.